The number of aliphatic hydroxyl groups is 1. The SMILES string of the molecule is CCCCCCCCCCCCCCCCCCCCCCCC(=O)O[C@H](COC(=O)CCCCCCCCCCCCCCCCCCC(C)C)COP(=O)(O)OC[C@@H](O)COP(=O)(O)OC[C@@H](COC(=O)CCCCCCCCCCCC)OC(=O)CCCCCCCCCCCCC(C)C. The van der Waals surface area contributed by atoms with E-state index in [-0.39, 0.29) is 25.7 Å². The van der Waals surface area contributed by atoms with Gasteiger partial charge in [0.15, 0.2) is 12.2 Å². The number of hydrogen-bond donors (Lipinski definition) is 3. The molecule has 19 heteroatoms. The van der Waals surface area contributed by atoms with E-state index in [9.17, 15) is 43.2 Å². The second-order valence-electron chi connectivity index (χ2n) is 31.2. The summed E-state index contributed by atoms with van der Waals surface area (Å²) in [5, 5.41) is 10.7. The number of phosphoric ester groups is 2. The zero-order valence-electron chi connectivity index (χ0n) is 67.6. The number of hydrogen-bond acceptors (Lipinski definition) is 15. The molecule has 0 aliphatic carbocycles. The first-order valence-electron chi connectivity index (χ1n) is 43.5. The maximum atomic E-state index is 13.1. The highest BCUT2D eigenvalue weighted by Gasteiger charge is 2.30. The van der Waals surface area contributed by atoms with Crippen molar-refractivity contribution >= 4 is 39.5 Å². The van der Waals surface area contributed by atoms with Gasteiger partial charge in [-0.15, -0.1) is 0 Å². The molecular weight excluding hydrogens is 1340 g/mol. The molecule has 5 atom stereocenters. The molecule has 0 radical (unpaired) electrons. The van der Waals surface area contributed by atoms with E-state index in [4.69, 9.17) is 37.0 Å². The van der Waals surface area contributed by atoms with Crippen LogP contribution < -0.4 is 0 Å². The van der Waals surface area contributed by atoms with E-state index in [2.05, 4.69) is 41.5 Å². The molecule has 103 heavy (non-hydrogen) atoms. The van der Waals surface area contributed by atoms with Crippen molar-refractivity contribution in [2.24, 2.45) is 11.8 Å². The quantitative estimate of drug-likeness (QED) is 0.0222. The van der Waals surface area contributed by atoms with Crippen molar-refractivity contribution in [2.75, 3.05) is 39.6 Å². The number of carbonyl (C=O) groups is 4. The summed E-state index contributed by atoms with van der Waals surface area (Å²) in [5.41, 5.74) is 0. The van der Waals surface area contributed by atoms with Gasteiger partial charge in [0.25, 0.3) is 0 Å². The molecule has 17 nitrogen and oxygen atoms in total. The predicted octanol–water partition coefficient (Wildman–Crippen LogP) is 25.5. The first-order valence-corrected chi connectivity index (χ1v) is 46.5. The lowest BCUT2D eigenvalue weighted by Gasteiger charge is -2.21. The molecular formula is C84H164O17P2. The van der Waals surface area contributed by atoms with Crippen LogP contribution in [0.25, 0.3) is 0 Å². The Morgan fingerprint density at radius 2 is 0.447 bits per heavy atom. The summed E-state index contributed by atoms with van der Waals surface area (Å²) in [5.74, 6) is -0.541. The summed E-state index contributed by atoms with van der Waals surface area (Å²) in [6.45, 7) is 9.66. The van der Waals surface area contributed by atoms with Crippen LogP contribution in [0.1, 0.15) is 446 Å². The zero-order valence-corrected chi connectivity index (χ0v) is 69.4. The third kappa shape index (κ3) is 78.0. The highest BCUT2D eigenvalue weighted by Crippen LogP contribution is 2.45. The Bertz CT molecular complexity index is 1980. The minimum absolute atomic E-state index is 0.106. The van der Waals surface area contributed by atoms with Crippen LogP contribution in [0.3, 0.4) is 0 Å². The molecule has 0 bridgehead atoms. The van der Waals surface area contributed by atoms with Crippen molar-refractivity contribution in [1.29, 1.82) is 0 Å². The lowest BCUT2D eigenvalue weighted by molar-refractivity contribution is -0.161. The number of esters is 4. The van der Waals surface area contributed by atoms with Crippen LogP contribution in [-0.2, 0) is 65.4 Å². The van der Waals surface area contributed by atoms with Gasteiger partial charge in [0, 0.05) is 25.7 Å². The molecule has 0 aromatic heterocycles. The standard InChI is InChI=1S/C84H164O17P2/c1-7-9-11-13-15-17-19-20-21-22-23-24-25-26-31-34-37-44-50-56-62-68-83(88)100-80(73-95-82(87)67-61-55-49-43-36-33-30-28-27-29-32-35-40-46-52-58-64-76(3)4)75-99-103(92,93)97-71-78(85)70-96-102(90,91)98-74-79(72-94-81(86)66-60-54-48-42-18-16-14-12-10-8-2)101-84(89)69-63-57-51-45-39-38-41-47-53-59-65-77(5)6/h76-80,85H,7-75H2,1-6H3,(H,90,91)(H,92,93)/t78-,79+,80+/m0/s1. The molecule has 0 aromatic rings. The Hall–Kier alpha value is -1.94. The van der Waals surface area contributed by atoms with E-state index in [0.29, 0.717) is 25.7 Å². The summed E-state index contributed by atoms with van der Waals surface area (Å²) in [6, 6.07) is 0. The van der Waals surface area contributed by atoms with Crippen molar-refractivity contribution in [3.63, 3.8) is 0 Å². The minimum atomic E-state index is -4.96. The maximum Gasteiger partial charge on any atom is 0.472 e. The van der Waals surface area contributed by atoms with Crippen LogP contribution in [-0.4, -0.2) is 96.7 Å². The molecule has 0 spiro atoms. The molecule has 0 fully saturated rings. The van der Waals surface area contributed by atoms with Crippen LogP contribution >= 0.6 is 15.6 Å². The molecule has 2 unspecified atom stereocenters. The highest BCUT2D eigenvalue weighted by molar-refractivity contribution is 7.47. The molecule has 0 saturated carbocycles. The third-order valence-electron chi connectivity index (χ3n) is 19.7. The van der Waals surface area contributed by atoms with Gasteiger partial charge in [-0.05, 0) is 37.5 Å². The number of rotatable bonds is 83. The second-order valence-corrected chi connectivity index (χ2v) is 34.1. The van der Waals surface area contributed by atoms with E-state index < -0.39 is 97.5 Å². The second kappa shape index (κ2) is 75.5. The molecule has 3 N–H and O–H groups in total. The summed E-state index contributed by atoms with van der Waals surface area (Å²) in [7, 11) is -9.92. The molecule has 612 valence electrons. The van der Waals surface area contributed by atoms with Gasteiger partial charge in [0.2, 0.25) is 0 Å². The monoisotopic (exact) mass is 1510 g/mol. The Morgan fingerprint density at radius 3 is 0.660 bits per heavy atom. The van der Waals surface area contributed by atoms with Gasteiger partial charge >= 0.3 is 39.5 Å². The fourth-order valence-corrected chi connectivity index (χ4v) is 14.6. The normalized spacial score (nSPS) is 13.9. The van der Waals surface area contributed by atoms with Crippen molar-refractivity contribution < 1.29 is 80.2 Å². The van der Waals surface area contributed by atoms with Gasteiger partial charge in [-0.2, -0.15) is 0 Å². The zero-order chi connectivity index (χ0) is 75.6. The van der Waals surface area contributed by atoms with Gasteiger partial charge < -0.3 is 33.8 Å². The number of phosphoric acid groups is 2. The van der Waals surface area contributed by atoms with Crippen molar-refractivity contribution in [3.05, 3.63) is 0 Å². The molecule has 0 rings (SSSR count). The van der Waals surface area contributed by atoms with Gasteiger partial charge in [0.05, 0.1) is 26.4 Å². The van der Waals surface area contributed by atoms with Crippen LogP contribution in [0.4, 0.5) is 0 Å². The Labute approximate surface area is 632 Å². The number of ether oxygens (including phenoxy) is 4. The predicted molar refractivity (Wildman–Crippen MR) is 423 cm³/mol. The summed E-state index contributed by atoms with van der Waals surface area (Å²) in [4.78, 5) is 73.1. The molecule has 0 aliphatic rings. The average Bonchev–Trinajstić information content (AvgIpc) is 1.08. The van der Waals surface area contributed by atoms with Crippen molar-refractivity contribution in [2.45, 2.75) is 464 Å². The molecule has 0 aromatic carbocycles. The van der Waals surface area contributed by atoms with E-state index in [1.54, 1.807) is 0 Å². The van der Waals surface area contributed by atoms with E-state index >= 15 is 0 Å². The molecule has 0 saturated heterocycles. The smallest absolute Gasteiger partial charge is 0.462 e. The minimum Gasteiger partial charge on any atom is -0.462 e. The van der Waals surface area contributed by atoms with Gasteiger partial charge in [-0.3, -0.25) is 37.3 Å². The Balaban J connectivity index is 5.21. The van der Waals surface area contributed by atoms with Gasteiger partial charge in [0.1, 0.15) is 19.3 Å². The fraction of sp³-hybridized carbons (Fsp3) is 0.952. The molecule has 0 aliphatic heterocycles. The van der Waals surface area contributed by atoms with E-state index in [1.807, 2.05) is 0 Å². The topological polar surface area (TPSA) is 237 Å². The number of carbonyl (C=O) groups excluding carboxylic acids is 4. The lowest BCUT2D eigenvalue weighted by atomic mass is 10.0. The van der Waals surface area contributed by atoms with E-state index in [0.717, 1.165) is 102 Å². The largest absolute Gasteiger partial charge is 0.472 e. The van der Waals surface area contributed by atoms with Crippen LogP contribution in [0.5, 0.6) is 0 Å². The van der Waals surface area contributed by atoms with Gasteiger partial charge in [-0.1, -0.05) is 395 Å². The highest BCUT2D eigenvalue weighted by atomic mass is 31.2. The fourth-order valence-electron chi connectivity index (χ4n) is 13.1. The van der Waals surface area contributed by atoms with Gasteiger partial charge in [-0.25, -0.2) is 9.13 Å². The Kier molecular flexibility index (Phi) is 74.1. The lowest BCUT2D eigenvalue weighted by Crippen LogP contribution is -2.30. The first-order chi connectivity index (χ1) is 49.9. The Morgan fingerprint density at radius 1 is 0.262 bits per heavy atom. The molecule has 0 amide bonds. The van der Waals surface area contributed by atoms with Crippen molar-refractivity contribution in [1.82, 2.24) is 0 Å². The molecule has 0 heterocycles. The number of aliphatic hydroxyl groups excluding tert-OH is 1. The van der Waals surface area contributed by atoms with Crippen LogP contribution in [0.2, 0.25) is 0 Å². The van der Waals surface area contributed by atoms with Crippen LogP contribution in [0, 0.1) is 11.8 Å². The number of unbranched alkanes of at least 4 members (excludes halogenated alkanes) is 53. The van der Waals surface area contributed by atoms with Crippen LogP contribution in [0.15, 0.2) is 0 Å². The van der Waals surface area contributed by atoms with E-state index in [1.165, 1.54) is 263 Å². The summed E-state index contributed by atoms with van der Waals surface area (Å²) >= 11 is 0. The average molecular weight is 1510 g/mol. The first kappa shape index (κ1) is 101. The van der Waals surface area contributed by atoms with Crippen molar-refractivity contribution in [3.8, 4) is 0 Å². The third-order valence-corrected chi connectivity index (χ3v) is 21.6. The summed E-state index contributed by atoms with van der Waals surface area (Å²) < 4.78 is 68.8. The summed E-state index contributed by atoms with van der Waals surface area (Å²) in [6.07, 6.45) is 66.7. The maximum absolute atomic E-state index is 13.1.